The van der Waals surface area contributed by atoms with Crippen LogP contribution in [-0.2, 0) is 4.79 Å². The van der Waals surface area contributed by atoms with Crippen molar-refractivity contribution in [2.75, 3.05) is 0 Å². The van der Waals surface area contributed by atoms with E-state index in [1.54, 1.807) is 4.68 Å². The zero-order valence-electron chi connectivity index (χ0n) is 10.3. The number of carbonyl (C=O) groups is 1. The molecular formula is C13H15N3O2. The van der Waals surface area contributed by atoms with Crippen LogP contribution in [0.3, 0.4) is 0 Å². The quantitative estimate of drug-likeness (QED) is 0.895. The molecule has 1 N–H and O–H groups in total. The summed E-state index contributed by atoms with van der Waals surface area (Å²) in [6, 6.07) is 9.41. The Morgan fingerprint density at radius 1 is 1.28 bits per heavy atom. The monoisotopic (exact) mass is 245 g/mol. The van der Waals surface area contributed by atoms with E-state index in [-0.39, 0.29) is 5.92 Å². The minimum absolute atomic E-state index is 0.0246. The van der Waals surface area contributed by atoms with Gasteiger partial charge in [-0.3, -0.25) is 4.79 Å². The molecule has 0 saturated carbocycles. The number of para-hydroxylation sites is 1. The lowest BCUT2D eigenvalue weighted by molar-refractivity contribution is -0.140. The molecule has 0 aliphatic heterocycles. The molecule has 0 aliphatic rings. The Labute approximate surface area is 105 Å². The molecular weight excluding hydrogens is 230 g/mol. The largest absolute Gasteiger partial charge is 0.481 e. The van der Waals surface area contributed by atoms with Crippen LogP contribution in [0.2, 0.25) is 0 Å². The molecule has 1 unspecified atom stereocenters. The van der Waals surface area contributed by atoms with E-state index in [1.165, 1.54) is 6.20 Å². The maximum atomic E-state index is 11.4. The molecule has 0 saturated heterocycles. The van der Waals surface area contributed by atoms with Crippen molar-refractivity contribution >= 4 is 5.97 Å². The lowest BCUT2D eigenvalue weighted by Gasteiger charge is -2.16. The van der Waals surface area contributed by atoms with Crippen molar-refractivity contribution in [3.8, 4) is 5.69 Å². The second-order valence-corrected chi connectivity index (χ2v) is 4.47. The first-order valence-corrected chi connectivity index (χ1v) is 5.80. The highest BCUT2D eigenvalue weighted by Crippen LogP contribution is 2.25. The molecule has 0 bridgehead atoms. The molecule has 0 amide bonds. The molecule has 0 aliphatic carbocycles. The summed E-state index contributed by atoms with van der Waals surface area (Å²) in [6.45, 7) is 3.75. The van der Waals surface area contributed by atoms with Gasteiger partial charge in [0.25, 0.3) is 0 Å². The van der Waals surface area contributed by atoms with Crippen LogP contribution in [0.15, 0.2) is 36.5 Å². The minimum atomic E-state index is -0.857. The highest BCUT2D eigenvalue weighted by atomic mass is 16.4. The average Bonchev–Trinajstić information content (AvgIpc) is 2.78. The molecule has 94 valence electrons. The number of nitrogens with zero attached hydrogens (tertiary/aromatic N) is 3. The first-order chi connectivity index (χ1) is 8.61. The van der Waals surface area contributed by atoms with Crippen LogP contribution in [-0.4, -0.2) is 26.1 Å². The van der Waals surface area contributed by atoms with Crippen LogP contribution in [0.5, 0.6) is 0 Å². The number of hydrogen-bond acceptors (Lipinski definition) is 3. The van der Waals surface area contributed by atoms with E-state index in [4.69, 9.17) is 0 Å². The van der Waals surface area contributed by atoms with Gasteiger partial charge >= 0.3 is 5.97 Å². The molecule has 2 rings (SSSR count). The summed E-state index contributed by atoms with van der Waals surface area (Å²) >= 11 is 0. The topological polar surface area (TPSA) is 68.0 Å². The molecule has 1 aromatic heterocycles. The first-order valence-electron chi connectivity index (χ1n) is 5.80. The average molecular weight is 245 g/mol. The summed E-state index contributed by atoms with van der Waals surface area (Å²) < 4.78 is 1.58. The van der Waals surface area contributed by atoms with Gasteiger partial charge in [-0.05, 0) is 18.1 Å². The zero-order chi connectivity index (χ0) is 13.1. The van der Waals surface area contributed by atoms with Gasteiger partial charge in [-0.15, -0.1) is 5.10 Å². The van der Waals surface area contributed by atoms with Gasteiger partial charge < -0.3 is 5.11 Å². The molecule has 0 spiro atoms. The van der Waals surface area contributed by atoms with Crippen LogP contribution < -0.4 is 0 Å². The Morgan fingerprint density at radius 2 is 1.94 bits per heavy atom. The Balaban J connectivity index is 2.47. The Hall–Kier alpha value is -2.17. The lowest BCUT2D eigenvalue weighted by Crippen LogP contribution is -2.20. The standard InChI is InChI=1S/C13H15N3O2/c1-9(2)12(13(17)18)11-8-14-15-16(11)10-6-4-3-5-7-10/h3-9,12H,1-2H3,(H,17,18). The van der Waals surface area contributed by atoms with E-state index in [1.807, 2.05) is 44.2 Å². The first kappa shape index (κ1) is 12.3. The summed E-state index contributed by atoms with van der Waals surface area (Å²) in [6.07, 6.45) is 1.52. The van der Waals surface area contributed by atoms with Crippen molar-refractivity contribution in [1.82, 2.24) is 15.0 Å². The van der Waals surface area contributed by atoms with Crippen LogP contribution in [0.25, 0.3) is 5.69 Å². The number of aliphatic carboxylic acids is 1. The normalized spacial score (nSPS) is 12.6. The third kappa shape index (κ3) is 2.25. The Kier molecular flexibility index (Phi) is 3.41. The van der Waals surface area contributed by atoms with E-state index in [0.717, 1.165) is 5.69 Å². The fourth-order valence-electron chi connectivity index (χ4n) is 1.98. The summed E-state index contributed by atoms with van der Waals surface area (Å²) in [4.78, 5) is 11.4. The van der Waals surface area contributed by atoms with Crippen molar-refractivity contribution in [1.29, 1.82) is 0 Å². The molecule has 1 atom stereocenters. The molecule has 2 aromatic rings. The van der Waals surface area contributed by atoms with Crippen molar-refractivity contribution in [2.45, 2.75) is 19.8 Å². The van der Waals surface area contributed by atoms with E-state index in [2.05, 4.69) is 10.3 Å². The molecule has 0 radical (unpaired) electrons. The summed E-state index contributed by atoms with van der Waals surface area (Å²) in [5.41, 5.74) is 1.42. The molecule has 5 nitrogen and oxygen atoms in total. The predicted molar refractivity (Wildman–Crippen MR) is 66.6 cm³/mol. The van der Waals surface area contributed by atoms with Crippen molar-refractivity contribution < 1.29 is 9.90 Å². The Morgan fingerprint density at radius 3 is 2.50 bits per heavy atom. The van der Waals surface area contributed by atoms with Gasteiger partial charge in [0.05, 0.1) is 17.6 Å². The number of rotatable bonds is 4. The second kappa shape index (κ2) is 5.00. The molecule has 1 heterocycles. The SMILES string of the molecule is CC(C)C(C(=O)O)c1cnnn1-c1ccccc1. The Bertz CT molecular complexity index is 534. The third-order valence-corrected chi connectivity index (χ3v) is 2.83. The van der Waals surface area contributed by atoms with Gasteiger partial charge in [0.2, 0.25) is 0 Å². The van der Waals surface area contributed by atoms with Crippen molar-refractivity contribution in [3.63, 3.8) is 0 Å². The van der Waals surface area contributed by atoms with Gasteiger partial charge in [-0.1, -0.05) is 37.3 Å². The van der Waals surface area contributed by atoms with E-state index < -0.39 is 11.9 Å². The summed E-state index contributed by atoms with van der Waals surface area (Å²) in [5, 5.41) is 17.1. The van der Waals surface area contributed by atoms with Crippen LogP contribution in [0, 0.1) is 5.92 Å². The number of hydrogen-bond donors (Lipinski definition) is 1. The number of carboxylic acid groups (broad SMARTS) is 1. The molecule has 0 fully saturated rings. The highest BCUT2D eigenvalue weighted by molar-refractivity contribution is 5.75. The fraction of sp³-hybridized carbons (Fsp3) is 0.308. The second-order valence-electron chi connectivity index (χ2n) is 4.47. The zero-order valence-corrected chi connectivity index (χ0v) is 10.3. The number of benzene rings is 1. The smallest absolute Gasteiger partial charge is 0.312 e. The lowest BCUT2D eigenvalue weighted by atomic mass is 9.93. The van der Waals surface area contributed by atoms with E-state index in [0.29, 0.717) is 5.69 Å². The predicted octanol–water partition coefficient (Wildman–Crippen LogP) is 2.09. The van der Waals surface area contributed by atoms with Crippen molar-refractivity contribution in [3.05, 3.63) is 42.2 Å². The van der Waals surface area contributed by atoms with Gasteiger partial charge in [-0.25, -0.2) is 4.68 Å². The minimum Gasteiger partial charge on any atom is -0.481 e. The van der Waals surface area contributed by atoms with Gasteiger partial charge in [-0.2, -0.15) is 0 Å². The van der Waals surface area contributed by atoms with Crippen molar-refractivity contribution in [2.24, 2.45) is 5.92 Å². The molecule has 5 heteroatoms. The maximum absolute atomic E-state index is 11.4. The fourth-order valence-corrected chi connectivity index (χ4v) is 1.98. The highest BCUT2D eigenvalue weighted by Gasteiger charge is 2.28. The summed E-state index contributed by atoms with van der Waals surface area (Å²) in [5.74, 6) is -1.49. The van der Waals surface area contributed by atoms with Crippen LogP contribution in [0.1, 0.15) is 25.5 Å². The number of aromatic nitrogens is 3. The number of carboxylic acids is 1. The van der Waals surface area contributed by atoms with Gasteiger partial charge in [0, 0.05) is 0 Å². The molecule has 1 aromatic carbocycles. The van der Waals surface area contributed by atoms with E-state index in [9.17, 15) is 9.90 Å². The van der Waals surface area contributed by atoms with Crippen LogP contribution in [0.4, 0.5) is 0 Å². The third-order valence-electron chi connectivity index (χ3n) is 2.83. The maximum Gasteiger partial charge on any atom is 0.312 e. The van der Waals surface area contributed by atoms with Gasteiger partial charge in [0.15, 0.2) is 0 Å². The summed E-state index contributed by atoms with van der Waals surface area (Å²) in [7, 11) is 0. The van der Waals surface area contributed by atoms with Gasteiger partial charge in [0.1, 0.15) is 5.92 Å². The molecule has 18 heavy (non-hydrogen) atoms. The van der Waals surface area contributed by atoms with E-state index >= 15 is 0 Å². The van der Waals surface area contributed by atoms with Crippen LogP contribution >= 0.6 is 0 Å².